The molecule has 0 nitrogen and oxygen atoms in total. The minimum atomic E-state index is -1.58. The summed E-state index contributed by atoms with van der Waals surface area (Å²) in [5.74, 6) is 0. The molecule has 12 heavy (non-hydrogen) atoms. The molecule has 0 atom stereocenters. The number of hydrogen-bond donors (Lipinski definition) is 0. The lowest BCUT2D eigenvalue weighted by Crippen LogP contribution is -2.43. The Bertz CT molecular complexity index is 150. The molecule has 70 valence electrons. The van der Waals surface area contributed by atoms with Gasteiger partial charge in [0, 0.05) is 0 Å². The summed E-state index contributed by atoms with van der Waals surface area (Å²) in [6.07, 6.45) is 7.51. The predicted molar refractivity (Wildman–Crippen MR) is 58.2 cm³/mol. The summed E-state index contributed by atoms with van der Waals surface area (Å²) < 4.78 is 0. The van der Waals surface area contributed by atoms with E-state index < -0.39 is 8.07 Å². The van der Waals surface area contributed by atoms with Crippen molar-refractivity contribution in [2.75, 3.05) is 0 Å². The van der Waals surface area contributed by atoms with Gasteiger partial charge in [0.1, 0.15) is 0 Å². The highest BCUT2D eigenvalue weighted by atomic mass is 28.3. The van der Waals surface area contributed by atoms with E-state index in [1.165, 1.54) is 0 Å². The second kappa shape index (κ2) is 4.14. The van der Waals surface area contributed by atoms with E-state index in [0.29, 0.717) is 16.6 Å². The van der Waals surface area contributed by atoms with Gasteiger partial charge in [-0.05, 0) is 16.6 Å². The predicted octanol–water partition coefficient (Wildman–Crippen LogP) is 3.79. The van der Waals surface area contributed by atoms with Gasteiger partial charge in [-0.3, -0.25) is 0 Å². The number of rotatable bonds is 3. The Morgan fingerprint density at radius 2 is 1.08 bits per heavy atom. The summed E-state index contributed by atoms with van der Waals surface area (Å²) in [6.45, 7) is 13.5. The average molecular weight is 181 g/mol. The minimum absolute atomic E-state index is 0.634. The third-order valence-corrected chi connectivity index (χ3v) is 9.25. The van der Waals surface area contributed by atoms with Crippen molar-refractivity contribution in [3.05, 3.63) is 6.42 Å². The molecular weight excluding hydrogens is 160 g/mol. The smallest absolute Gasteiger partial charge is 0.0977 e. The third kappa shape index (κ3) is 1.74. The van der Waals surface area contributed by atoms with Gasteiger partial charge in [0.05, 0.1) is 8.07 Å². The highest BCUT2D eigenvalue weighted by Gasteiger charge is 2.37. The molecule has 0 saturated carbocycles. The number of hydrogen-bond acceptors (Lipinski definition) is 0. The van der Waals surface area contributed by atoms with Crippen LogP contribution in [0.25, 0.3) is 0 Å². The molecule has 0 unspecified atom stereocenters. The first-order chi connectivity index (χ1) is 5.39. The molecule has 0 spiro atoms. The summed E-state index contributed by atoms with van der Waals surface area (Å²) in [5.41, 5.74) is 4.81. The van der Waals surface area contributed by atoms with Crippen LogP contribution >= 0.6 is 0 Å². The van der Waals surface area contributed by atoms with Gasteiger partial charge in [-0.1, -0.05) is 41.5 Å². The molecule has 0 N–H and O–H groups in total. The molecule has 0 saturated heterocycles. The Hall–Kier alpha value is -0.223. The molecule has 0 aromatic heterocycles. The molecule has 0 aliphatic carbocycles. The second-order valence-electron chi connectivity index (χ2n) is 4.52. The van der Waals surface area contributed by atoms with E-state index in [9.17, 15) is 0 Å². The maximum Gasteiger partial charge on any atom is 0.0977 e. The Morgan fingerprint density at radius 3 is 1.08 bits per heavy atom. The van der Waals surface area contributed by atoms with Crippen molar-refractivity contribution < 1.29 is 0 Å². The lowest BCUT2D eigenvalue weighted by molar-refractivity contribution is 0.838. The van der Waals surface area contributed by atoms with Crippen LogP contribution in [0.2, 0.25) is 16.6 Å². The molecular formula is C11H21Si-. The molecule has 0 bridgehead atoms. The van der Waals surface area contributed by atoms with Crippen molar-refractivity contribution in [2.45, 2.75) is 58.2 Å². The molecule has 0 amide bonds. The fraction of sp³-hybridized carbons (Fsp3) is 0.818. The summed E-state index contributed by atoms with van der Waals surface area (Å²) >= 11 is 0. The van der Waals surface area contributed by atoms with Crippen LogP contribution < -0.4 is 0 Å². The van der Waals surface area contributed by atoms with Crippen molar-refractivity contribution >= 4 is 8.07 Å². The topological polar surface area (TPSA) is 0 Å². The molecule has 0 radical (unpaired) electrons. The molecule has 0 aliphatic heterocycles. The Balaban J connectivity index is 4.94. The van der Waals surface area contributed by atoms with Crippen LogP contribution in [0.15, 0.2) is 0 Å². The van der Waals surface area contributed by atoms with Crippen molar-refractivity contribution in [3.8, 4) is 5.54 Å². The first-order valence-corrected chi connectivity index (χ1v) is 7.06. The summed E-state index contributed by atoms with van der Waals surface area (Å²) in [5, 5.41) is 0. The van der Waals surface area contributed by atoms with Crippen molar-refractivity contribution in [1.29, 1.82) is 0 Å². The normalized spacial score (nSPS) is 12.7. The van der Waals surface area contributed by atoms with Crippen LogP contribution in [0.4, 0.5) is 0 Å². The highest BCUT2D eigenvalue weighted by Crippen LogP contribution is 2.40. The fourth-order valence-corrected chi connectivity index (χ4v) is 7.30. The first kappa shape index (κ1) is 11.8. The van der Waals surface area contributed by atoms with Crippen LogP contribution in [-0.2, 0) is 0 Å². The highest BCUT2D eigenvalue weighted by molar-refractivity contribution is 6.90. The van der Waals surface area contributed by atoms with E-state index in [4.69, 9.17) is 6.42 Å². The van der Waals surface area contributed by atoms with Crippen molar-refractivity contribution in [3.63, 3.8) is 0 Å². The zero-order valence-electron chi connectivity index (χ0n) is 9.23. The Labute approximate surface area is 78.8 Å². The molecule has 0 rings (SSSR count). The quantitative estimate of drug-likeness (QED) is 0.353. The van der Waals surface area contributed by atoms with Gasteiger partial charge < -0.3 is 12.0 Å². The van der Waals surface area contributed by atoms with Gasteiger partial charge in [0.15, 0.2) is 0 Å². The van der Waals surface area contributed by atoms with Crippen molar-refractivity contribution in [2.24, 2.45) is 0 Å². The van der Waals surface area contributed by atoms with Crippen LogP contribution in [0.5, 0.6) is 0 Å². The van der Waals surface area contributed by atoms with E-state index in [1.807, 2.05) is 0 Å². The average Bonchev–Trinajstić information content (AvgIpc) is 1.86. The molecule has 0 aromatic rings. The maximum absolute atomic E-state index is 7.51. The van der Waals surface area contributed by atoms with Gasteiger partial charge >= 0.3 is 0 Å². The van der Waals surface area contributed by atoms with E-state index in [0.717, 1.165) is 0 Å². The van der Waals surface area contributed by atoms with Gasteiger partial charge in [-0.2, -0.15) is 0 Å². The second-order valence-corrected chi connectivity index (χ2v) is 10.1. The van der Waals surface area contributed by atoms with Gasteiger partial charge in [-0.15, -0.1) is 0 Å². The van der Waals surface area contributed by atoms with E-state index in [1.54, 1.807) is 0 Å². The van der Waals surface area contributed by atoms with Gasteiger partial charge in [0.25, 0.3) is 0 Å². The summed E-state index contributed by atoms with van der Waals surface area (Å²) in [6, 6.07) is 0. The molecule has 1 heteroatoms. The molecule has 0 fully saturated rings. The SMILES string of the molecule is [C-]#C[Si](C(C)C)(C(C)C)C(C)C. The summed E-state index contributed by atoms with van der Waals surface area (Å²) in [7, 11) is -1.58. The summed E-state index contributed by atoms with van der Waals surface area (Å²) in [4.78, 5) is 0. The van der Waals surface area contributed by atoms with E-state index >= 15 is 0 Å². The molecule has 0 aromatic carbocycles. The lowest BCUT2D eigenvalue weighted by atomic mass is 10.5. The van der Waals surface area contributed by atoms with E-state index in [-0.39, 0.29) is 0 Å². The zero-order valence-corrected chi connectivity index (χ0v) is 10.2. The van der Waals surface area contributed by atoms with Crippen molar-refractivity contribution in [1.82, 2.24) is 0 Å². The zero-order chi connectivity index (χ0) is 9.94. The monoisotopic (exact) mass is 181 g/mol. The molecule has 0 aliphatic rings. The maximum atomic E-state index is 7.51. The Morgan fingerprint density at radius 1 is 0.833 bits per heavy atom. The van der Waals surface area contributed by atoms with Crippen LogP contribution in [-0.4, -0.2) is 8.07 Å². The first-order valence-electron chi connectivity index (χ1n) is 4.83. The Kier molecular flexibility index (Phi) is 4.06. The van der Waals surface area contributed by atoms with Crippen LogP contribution in [0.1, 0.15) is 41.5 Å². The fourth-order valence-electron chi connectivity index (χ4n) is 2.43. The largest absolute Gasteiger partial charge is 0.701 e. The molecule has 0 heterocycles. The van der Waals surface area contributed by atoms with Gasteiger partial charge in [-0.25, -0.2) is 0 Å². The van der Waals surface area contributed by atoms with Gasteiger partial charge in [0.2, 0.25) is 0 Å². The van der Waals surface area contributed by atoms with E-state index in [2.05, 4.69) is 47.1 Å². The third-order valence-electron chi connectivity index (χ3n) is 3.08. The standard InChI is InChI=1S/C11H21Si/c1-8-12(9(2)3,10(4)5)11(6)7/h9-11H,2-7H3/q-1. The lowest BCUT2D eigenvalue weighted by Gasteiger charge is -2.41. The van der Waals surface area contributed by atoms with Crippen LogP contribution in [0, 0.1) is 12.0 Å². The van der Waals surface area contributed by atoms with Crippen LogP contribution in [0.3, 0.4) is 0 Å². The minimum Gasteiger partial charge on any atom is -0.701 e.